The largest absolute Gasteiger partial charge is 0.212 e. The molecule has 0 saturated heterocycles. The molecule has 1 heteroatoms. The Morgan fingerprint density at radius 2 is 2.20 bits per heavy atom. The van der Waals surface area contributed by atoms with E-state index in [4.69, 9.17) is 0 Å². The average Bonchev–Trinajstić information content (AvgIpc) is 1.87. The first-order valence-corrected chi connectivity index (χ1v) is 3.29. The number of rotatable bonds is 3. The Kier molecular flexibility index (Phi) is 4.55. The molecule has 0 saturated carbocycles. The van der Waals surface area contributed by atoms with E-state index < -0.39 is 0 Å². The predicted molar refractivity (Wildman–Crippen MR) is 43.4 cm³/mol. The van der Waals surface area contributed by atoms with E-state index in [-0.39, 0.29) is 5.83 Å². The maximum absolute atomic E-state index is 12.4. The molecule has 56 valence electrons. The van der Waals surface area contributed by atoms with Crippen LogP contribution in [0, 0.1) is 0 Å². The van der Waals surface area contributed by atoms with E-state index >= 15 is 0 Å². The van der Waals surface area contributed by atoms with Crippen LogP contribution in [0.3, 0.4) is 0 Å². The van der Waals surface area contributed by atoms with Gasteiger partial charge >= 0.3 is 0 Å². The molecule has 0 nitrogen and oxygen atoms in total. The maximum atomic E-state index is 12.4. The lowest BCUT2D eigenvalue weighted by Crippen LogP contribution is -1.68. The van der Waals surface area contributed by atoms with Gasteiger partial charge in [0.1, 0.15) is 0 Å². The predicted octanol–water partition coefficient (Wildman–Crippen LogP) is 3.38. The highest BCUT2D eigenvalue weighted by Gasteiger charge is 1.85. The smallest absolute Gasteiger partial charge is 0.0994 e. The summed E-state index contributed by atoms with van der Waals surface area (Å²) in [4.78, 5) is 0. The molecule has 0 N–H and O–H groups in total. The van der Waals surface area contributed by atoms with Gasteiger partial charge in [0.15, 0.2) is 0 Å². The molecule has 0 atom stereocenters. The Labute approximate surface area is 61.8 Å². The molecule has 0 aromatic carbocycles. The zero-order chi connectivity index (χ0) is 7.98. The van der Waals surface area contributed by atoms with Crippen molar-refractivity contribution in [1.82, 2.24) is 0 Å². The summed E-state index contributed by atoms with van der Waals surface area (Å²) in [5.41, 5.74) is 0.948. The molecular weight excluding hydrogens is 127 g/mol. The molecule has 0 aromatic heterocycles. The van der Waals surface area contributed by atoms with E-state index in [1.165, 1.54) is 6.08 Å². The summed E-state index contributed by atoms with van der Waals surface area (Å²) in [5, 5.41) is 0. The zero-order valence-electron chi connectivity index (χ0n) is 6.52. The Bertz CT molecular complexity index is 164. The lowest BCUT2D eigenvalue weighted by atomic mass is 10.2. The van der Waals surface area contributed by atoms with Crippen LogP contribution >= 0.6 is 0 Å². The first-order valence-electron chi connectivity index (χ1n) is 3.29. The Morgan fingerprint density at radius 1 is 1.60 bits per heavy atom. The normalized spacial score (nSPS) is 12.5. The third kappa shape index (κ3) is 5.29. The lowest BCUT2D eigenvalue weighted by molar-refractivity contribution is 0.615. The molecule has 0 aliphatic heterocycles. The van der Waals surface area contributed by atoms with Gasteiger partial charge in [-0.1, -0.05) is 30.4 Å². The molecule has 0 spiro atoms. The van der Waals surface area contributed by atoms with E-state index in [1.54, 1.807) is 13.0 Å². The Hall–Kier alpha value is -0.850. The molecule has 0 fully saturated rings. The van der Waals surface area contributed by atoms with Crippen molar-refractivity contribution in [3.8, 4) is 0 Å². The third-order valence-electron chi connectivity index (χ3n) is 1.03. The minimum Gasteiger partial charge on any atom is -0.212 e. The van der Waals surface area contributed by atoms with Crippen molar-refractivity contribution in [2.45, 2.75) is 20.3 Å². The van der Waals surface area contributed by atoms with Crippen LogP contribution in [-0.4, -0.2) is 0 Å². The van der Waals surface area contributed by atoms with Gasteiger partial charge in [-0.25, -0.2) is 4.39 Å². The van der Waals surface area contributed by atoms with Gasteiger partial charge in [-0.15, -0.1) is 0 Å². The summed E-state index contributed by atoms with van der Waals surface area (Å²) in [6.07, 6.45) is 5.41. The fraction of sp³-hybridized carbons (Fsp3) is 0.333. The molecule has 0 rings (SSSR count). The highest BCUT2D eigenvalue weighted by molar-refractivity contribution is 5.13. The lowest BCUT2D eigenvalue weighted by Gasteiger charge is -1.87. The van der Waals surface area contributed by atoms with E-state index in [1.807, 2.05) is 13.0 Å². The van der Waals surface area contributed by atoms with Crippen LogP contribution in [0.15, 0.2) is 36.2 Å². The minimum absolute atomic E-state index is 0.0995. The van der Waals surface area contributed by atoms with Gasteiger partial charge in [0, 0.05) is 6.42 Å². The van der Waals surface area contributed by atoms with Gasteiger partial charge in [0.25, 0.3) is 0 Å². The first kappa shape index (κ1) is 9.15. The molecule has 10 heavy (non-hydrogen) atoms. The fourth-order valence-corrected chi connectivity index (χ4v) is 0.491. The molecule has 0 unspecified atom stereocenters. The minimum atomic E-state index is -0.0995. The molecule has 0 amide bonds. The number of hydrogen-bond acceptors (Lipinski definition) is 0. The molecule has 0 bridgehead atoms. The van der Waals surface area contributed by atoms with Crippen molar-refractivity contribution in [2.75, 3.05) is 0 Å². The van der Waals surface area contributed by atoms with Gasteiger partial charge in [-0.05, 0) is 13.8 Å². The molecular formula is C9H13F. The Balaban J connectivity index is 3.64. The van der Waals surface area contributed by atoms with Crippen molar-refractivity contribution in [3.63, 3.8) is 0 Å². The number of hydrogen-bond donors (Lipinski definition) is 0. The van der Waals surface area contributed by atoms with Crippen molar-refractivity contribution < 1.29 is 4.39 Å². The summed E-state index contributed by atoms with van der Waals surface area (Å²) in [7, 11) is 0. The first-order chi connectivity index (χ1) is 4.66. The zero-order valence-corrected chi connectivity index (χ0v) is 6.52. The number of halogens is 1. The van der Waals surface area contributed by atoms with Gasteiger partial charge in [0.05, 0.1) is 5.83 Å². The van der Waals surface area contributed by atoms with Crippen LogP contribution in [0.25, 0.3) is 0 Å². The summed E-state index contributed by atoms with van der Waals surface area (Å²) in [6, 6.07) is 0. The topological polar surface area (TPSA) is 0 Å². The highest BCUT2D eigenvalue weighted by Crippen LogP contribution is 2.03. The molecule has 0 radical (unpaired) electrons. The van der Waals surface area contributed by atoms with E-state index in [0.717, 1.165) is 5.57 Å². The SMILES string of the molecule is C=C(C)C=CC/C(F)=C\C. The van der Waals surface area contributed by atoms with Crippen LogP contribution in [-0.2, 0) is 0 Å². The molecule has 0 aromatic rings. The average molecular weight is 140 g/mol. The van der Waals surface area contributed by atoms with Gasteiger partial charge in [-0.2, -0.15) is 0 Å². The maximum Gasteiger partial charge on any atom is 0.0994 e. The third-order valence-corrected chi connectivity index (χ3v) is 1.03. The van der Waals surface area contributed by atoms with Crippen LogP contribution in [0.4, 0.5) is 4.39 Å². The summed E-state index contributed by atoms with van der Waals surface area (Å²) in [6.45, 7) is 7.21. The van der Waals surface area contributed by atoms with Gasteiger partial charge in [0.2, 0.25) is 0 Å². The monoisotopic (exact) mass is 140 g/mol. The van der Waals surface area contributed by atoms with E-state index in [2.05, 4.69) is 6.58 Å². The van der Waals surface area contributed by atoms with Crippen LogP contribution in [0.5, 0.6) is 0 Å². The summed E-state index contributed by atoms with van der Waals surface area (Å²) >= 11 is 0. The summed E-state index contributed by atoms with van der Waals surface area (Å²) < 4.78 is 12.4. The van der Waals surface area contributed by atoms with Crippen molar-refractivity contribution in [3.05, 3.63) is 36.2 Å². The quantitative estimate of drug-likeness (QED) is 0.527. The van der Waals surface area contributed by atoms with Crippen molar-refractivity contribution >= 4 is 0 Å². The fourth-order valence-electron chi connectivity index (χ4n) is 0.491. The van der Waals surface area contributed by atoms with Crippen LogP contribution in [0.1, 0.15) is 20.3 Å². The van der Waals surface area contributed by atoms with Crippen LogP contribution < -0.4 is 0 Å². The van der Waals surface area contributed by atoms with Gasteiger partial charge in [-0.3, -0.25) is 0 Å². The van der Waals surface area contributed by atoms with Crippen molar-refractivity contribution in [2.24, 2.45) is 0 Å². The Morgan fingerprint density at radius 3 is 2.60 bits per heavy atom. The second-order valence-electron chi connectivity index (χ2n) is 2.19. The molecule has 0 aliphatic carbocycles. The second-order valence-corrected chi connectivity index (χ2v) is 2.19. The van der Waals surface area contributed by atoms with E-state index in [0.29, 0.717) is 6.42 Å². The molecule has 0 aliphatic rings. The van der Waals surface area contributed by atoms with E-state index in [9.17, 15) is 4.39 Å². The second kappa shape index (κ2) is 4.98. The molecule has 0 heterocycles. The van der Waals surface area contributed by atoms with Gasteiger partial charge < -0.3 is 0 Å². The summed E-state index contributed by atoms with van der Waals surface area (Å²) in [5.74, 6) is -0.0995. The van der Waals surface area contributed by atoms with Crippen LogP contribution in [0.2, 0.25) is 0 Å². The number of allylic oxidation sites excluding steroid dienone is 5. The van der Waals surface area contributed by atoms with Crippen molar-refractivity contribution in [1.29, 1.82) is 0 Å². The highest BCUT2D eigenvalue weighted by atomic mass is 19.1. The standard InChI is InChI=1S/C9H13F/c1-4-9(10)7-5-6-8(2)3/h4-6H,2,7H2,1,3H3/b6-5?,9-4+.